The molecule has 1 aliphatic heterocycles. The summed E-state index contributed by atoms with van der Waals surface area (Å²) in [6.07, 6.45) is 5.63. The van der Waals surface area contributed by atoms with Gasteiger partial charge in [-0.1, -0.05) is 6.92 Å². The number of carbonyl (C=O) groups is 1. The van der Waals surface area contributed by atoms with Crippen molar-refractivity contribution in [3.05, 3.63) is 12.3 Å². The number of nitrogens with zero attached hydrogens (tertiary/aromatic N) is 3. The first-order valence-electron chi connectivity index (χ1n) is 6.85. The first kappa shape index (κ1) is 13.6. The van der Waals surface area contributed by atoms with E-state index in [1.54, 1.807) is 6.20 Å². The number of nitrogens with two attached hydrogens (primary N) is 1. The van der Waals surface area contributed by atoms with E-state index in [0.29, 0.717) is 5.95 Å². The average molecular weight is 263 g/mol. The Morgan fingerprint density at radius 2 is 2.42 bits per heavy atom. The summed E-state index contributed by atoms with van der Waals surface area (Å²) >= 11 is 0. The fraction of sp³-hybridized carbons (Fsp3) is 0.615. The molecule has 0 aliphatic carbocycles. The van der Waals surface area contributed by atoms with Gasteiger partial charge in [0.2, 0.25) is 11.9 Å². The number of primary amides is 1. The van der Waals surface area contributed by atoms with Crippen molar-refractivity contribution in [3.8, 4) is 0 Å². The van der Waals surface area contributed by atoms with Gasteiger partial charge in [-0.2, -0.15) is 4.98 Å². The maximum atomic E-state index is 11.5. The van der Waals surface area contributed by atoms with Crippen LogP contribution >= 0.6 is 0 Å². The lowest BCUT2D eigenvalue weighted by Gasteiger charge is -2.34. The third kappa shape index (κ3) is 3.33. The number of carbonyl (C=O) groups excluding carboxylic acids is 1. The number of amides is 1. The Morgan fingerprint density at radius 1 is 1.58 bits per heavy atom. The Morgan fingerprint density at radius 3 is 3.16 bits per heavy atom. The molecule has 1 saturated heterocycles. The zero-order valence-electron chi connectivity index (χ0n) is 11.3. The predicted octanol–water partition coefficient (Wildman–Crippen LogP) is 1.14. The molecule has 3 N–H and O–H groups in total. The Kier molecular flexibility index (Phi) is 4.54. The summed E-state index contributed by atoms with van der Waals surface area (Å²) in [7, 11) is 0. The lowest BCUT2D eigenvalue weighted by molar-refractivity contribution is -0.119. The van der Waals surface area contributed by atoms with Crippen molar-refractivity contribution in [2.75, 3.05) is 23.3 Å². The van der Waals surface area contributed by atoms with Crippen LogP contribution in [-0.4, -0.2) is 35.0 Å². The van der Waals surface area contributed by atoms with Crippen LogP contribution in [0.2, 0.25) is 0 Å². The highest BCUT2D eigenvalue weighted by atomic mass is 16.1. The molecule has 19 heavy (non-hydrogen) atoms. The van der Waals surface area contributed by atoms with Gasteiger partial charge in [0.1, 0.15) is 11.9 Å². The van der Waals surface area contributed by atoms with E-state index < -0.39 is 0 Å². The summed E-state index contributed by atoms with van der Waals surface area (Å²) in [6.45, 7) is 3.74. The largest absolute Gasteiger partial charge is 0.368 e. The highest BCUT2D eigenvalue weighted by molar-refractivity contribution is 5.83. The van der Waals surface area contributed by atoms with Crippen molar-refractivity contribution in [2.45, 2.75) is 38.6 Å². The molecule has 2 rings (SSSR count). The van der Waals surface area contributed by atoms with E-state index in [-0.39, 0.29) is 11.9 Å². The zero-order chi connectivity index (χ0) is 13.7. The molecule has 104 valence electrons. The van der Waals surface area contributed by atoms with Crippen LogP contribution in [0, 0.1) is 0 Å². The molecule has 0 spiro atoms. The second-order valence-corrected chi connectivity index (χ2v) is 4.77. The third-order valence-corrected chi connectivity index (χ3v) is 3.30. The molecule has 1 aliphatic rings. The van der Waals surface area contributed by atoms with Crippen LogP contribution in [-0.2, 0) is 4.79 Å². The van der Waals surface area contributed by atoms with Crippen molar-refractivity contribution in [1.82, 2.24) is 9.97 Å². The van der Waals surface area contributed by atoms with Gasteiger partial charge in [0.05, 0.1) is 0 Å². The molecule has 1 aromatic heterocycles. The van der Waals surface area contributed by atoms with E-state index >= 15 is 0 Å². The topological polar surface area (TPSA) is 84.1 Å². The molecule has 2 heterocycles. The molecule has 0 bridgehead atoms. The van der Waals surface area contributed by atoms with E-state index in [1.165, 1.54) is 0 Å². The monoisotopic (exact) mass is 263 g/mol. The van der Waals surface area contributed by atoms with Crippen LogP contribution in [0.4, 0.5) is 11.8 Å². The minimum atomic E-state index is -0.277. The van der Waals surface area contributed by atoms with Gasteiger partial charge in [0.15, 0.2) is 0 Å². The number of anilines is 2. The van der Waals surface area contributed by atoms with Crippen molar-refractivity contribution in [3.63, 3.8) is 0 Å². The molecule has 1 unspecified atom stereocenters. The van der Waals surface area contributed by atoms with Gasteiger partial charge < -0.3 is 16.0 Å². The van der Waals surface area contributed by atoms with Crippen molar-refractivity contribution in [1.29, 1.82) is 0 Å². The lowest BCUT2D eigenvalue weighted by Crippen LogP contribution is -2.48. The minimum absolute atomic E-state index is 0.248. The molecular weight excluding hydrogens is 242 g/mol. The summed E-state index contributed by atoms with van der Waals surface area (Å²) in [4.78, 5) is 22.1. The quantitative estimate of drug-likeness (QED) is 0.832. The van der Waals surface area contributed by atoms with Gasteiger partial charge in [-0.15, -0.1) is 0 Å². The average Bonchev–Trinajstić information content (AvgIpc) is 2.45. The molecule has 6 nitrogen and oxygen atoms in total. The number of rotatable bonds is 5. The van der Waals surface area contributed by atoms with Crippen molar-refractivity contribution < 1.29 is 4.79 Å². The highest BCUT2D eigenvalue weighted by Gasteiger charge is 2.27. The molecule has 0 aromatic carbocycles. The van der Waals surface area contributed by atoms with Crippen molar-refractivity contribution >= 4 is 17.7 Å². The third-order valence-electron chi connectivity index (χ3n) is 3.30. The highest BCUT2D eigenvalue weighted by Crippen LogP contribution is 2.23. The Labute approximate surface area is 113 Å². The summed E-state index contributed by atoms with van der Waals surface area (Å²) in [5.41, 5.74) is 5.47. The van der Waals surface area contributed by atoms with Gasteiger partial charge in [-0.05, 0) is 31.7 Å². The van der Waals surface area contributed by atoms with Crippen LogP contribution in [0.5, 0.6) is 0 Å². The smallest absolute Gasteiger partial charge is 0.240 e. The number of piperidine rings is 1. The molecule has 1 fully saturated rings. The van der Waals surface area contributed by atoms with Gasteiger partial charge in [0.25, 0.3) is 0 Å². The second kappa shape index (κ2) is 6.36. The number of hydrogen-bond donors (Lipinski definition) is 2. The normalized spacial score (nSPS) is 19.2. The van der Waals surface area contributed by atoms with Gasteiger partial charge in [-0.3, -0.25) is 4.79 Å². The van der Waals surface area contributed by atoms with Crippen LogP contribution in [0.3, 0.4) is 0 Å². The molecule has 1 aromatic rings. The predicted molar refractivity (Wildman–Crippen MR) is 75.0 cm³/mol. The number of nitrogens with one attached hydrogen (secondary N) is 1. The summed E-state index contributed by atoms with van der Waals surface area (Å²) in [6, 6.07) is 1.58. The Bertz CT molecular complexity index is 437. The van der Waals surface area contributed by atoms with E-state index in [9.17, 15) is 4.79 Å². The fourth-order valence-corrected chi connectivity index (χ4v) is 2.33. The summed E-state index contributed by atoms with van der Waals surface area (Å²) in [5.74, 6) is 1.10. The first-order valence-corrected chi connectivity index (χ1v) is 6.85. The summed E-state index contributed by atoms with van der Waals surface area (Å²) < 4.78 is 0. The molecule has 0 saturated carbocycles. The number of hydrogen-bond acceptors (Lipinski definition) is 5. The van der Waals surface area contributed by atoms with Crippen molar-refractivity contribution in [2.24, 2.45) is 5.73 Å². The second-order valence-electron chi connectivity index (χ2n) is 4.77. The molecule has 6 heteroatoms. The van der Waals surface area contributed by atoms with Crippen LogP contribution in [0.1, 0.15) is 32.6 Å². The van der Waals surface area contributed by atoms with Gasteiger partial charge in [-0.25, -0.2) is 4.98 Å². The first-order chi connectivity index (χ1) is 9.22. The fourth-order valence-electron chi connectivity index (χ4n) is 2.33. The standard InChI is InChI=1S/C13H21N5O/c1-2-7-15-13-16-8-6-11(17-13)18-9-4-3-5-10(18)12(14)19/h6,8,10H,2-5,7,9H2,1H3,(H2,14,19)(H,15,16,17). The molecular formula is C13H21N5O. The van der Waals surface area contributed by atoms with Crippen LogP contribution in [0.15, 0.2) is 12.3 Å². The zero-order valence-corrected chi connectivity index (χ0v) is 11.3. The van der Waals surface area contributed by atoms with E-state index in [1.807, 2.05) is 11.0 Å². The van der Waals surface area contributed by atoms with Gasteiger partial charge >= 0.3 is 0 Å². The maximum Gasteiger partial charge on any atom is 0.240 e. The Balaban J connectivity index is 2.16. The van der Waals surface area contributed by atoms with E-state index in [2.05, 4.69) is 22.2 Å². The van der Waals surface area contributed by atoms with Gasteiger partial charge in [0, 0.05) is 19.3 Å². The van der Waals surface area contributed by atoms with E-state index in [4.69, 9.17) is 5.73 Å². The SMILES string of the molecule is CCCNc1nccc(N2CCCCC2C(N)=O)n1. The molecule has 0 radical (unpaired) electrons. The maximum absolute atomic E-state index is 11.5. The lowest BCUT2D eigenvalue weighted by atomic mass is 10.0. The molecule has 1 amide bonds. The summed E-state index contributed by atoms with van der Waals surface area (Å²) in [5, 5.41) is 3.15. The number of aromatic nitrogens is 2. The van der Waals surface area contributed by atoms with Crippen LogP contribution in [0.25, 0.3) is 0 Å². The van der Waals surface area contributed by atoms with E-state index in [0.717, 1.165) is 44.6 Å². The molecule has 1 atom stereocenters. The van der Waals surface area contributed by atoms with Crippen LogP contribution < -0.4 is 16.0 Å². The Hall–Kier alpha value is -1.85. The minimum Gasteiger partial charge on any atom is -0.368 e.